The van der Waals surface area contributed by atoms with Crippen molar-refractivity contribution in [2.24, 2.45) is 0 Å². The monoisotopic (exact) mass is 230 g/mol. The Labute approximate surface area is 97.5 Å². The van der Waals surface area contributed by atoms with E-state index in [1.807, 2.05) is 13.0 Å². The fraction of sp³-hybridized carbons (Fsp3) is 0.0909. The number of pyridine rings is 2. The zero-order valence-electron chi connectivity index (χ0n) is 9.12. The molecule has 86 valence electrons. The first kappa shape index (κ1) is 11.0. The van der Waals surface area contributed by atoms with Crippen molar-refractivity contribution in [3.8, 4) is 0 Å². The molecule has 0 radical (unpaired) electrons. The third-order valence-electron chi connectivity index (χ3n) is 2.16. The van der Waals surface area contributed by atoms with Crippen LogP contribution in [0.4, 0.5) is 17.2 Å². The highest BCUT2D eigenvalue weighted by Crippen LogP contribution is 2.23. The average molecular weight is 230 g/mol. The van der Waals surface area contributed by atoms with E-state index < -0.39 is 4.92 Å². The number of hydrogen-bond donors (Lipinski definition) is 1. The Balaban J connectivity index is 2.30. The van der Waals surface area contributed by atoms with E-state index in [4.69, 9.17) is 0 Å². The van der Waals surface area contributed by atoms with E-state index in [1.165, 1.54) is 18.3 Å². The first-order valence-corrected chi connectivity index (χ1v) is 4.96. The van der Waals surface area contributed by atoms with Gasteiger partial charge in [-0.3, -0.25) is 15.1 Å². The van der Waals surface area contributed by atoms with Crippen LogP contribution in [-0.4, -0.2) is 14.9 Å². The minimum absolute atomic E-state index is 0.0620. The number of anilines is 2. The molecule has 2 rings (SSSR count). The molecule has 0 saturated heterocycles. The second-order valence-electron chi connectivity index (χ2n) is 3.44. The molecule has 0 atom stereocenters. The predicted molar refractivity (Wildman–Crippen MR) is 63.1 cm³/mol. The maximum absolute atomic E-state index is 10.8. The van der Waals surface area contributed by atoms with Gasteiger partial charge in [0.25, 0.3) is 0 Å². The highest BCUT2D eigenvalue weighted by molar-refractivity contribution is 5.64. The number of nitro groups is 1. The Morgan fingerprint density at radius 1 is 1.29 bits per heavy atom. The lowest BCUT2D eigenvalue weighted by molar-refractivity contribution is -0.384. The number of nitrogens with one attached hydrogen (secondary N) is 1. The molecule has 0 aliphatic carbocycles. The van der Waals surface area contributed by atoms with E-state index in [-0.39, 0.29) is 11.5 Å². The molecule has 1 N–H and O–H groups in total. The van der Waals surface area contributed by atoms with Crippen LogP contribution < -0.4 is 5.32 Å². The molecule has 2 heterocycles. The summed E-state index contributed by atoms with van der Waals surface area (Å²) < 4.78 is 0. The van der Waals surface area contributed by atoms with Gasteiger partial charge < -0.3 is 5.32 Å². The van der Waals surface area contributed by atoms with E-state index in [9.17, 15) is 10.1 Å². The van der Waals surface area contributed by atoms with Crippen molar-refractivity contribution in [2.75, 3.05) is 5.32 Å². The van der Waals surface area contributed by atoms with Crippen molar-refractivity contribution in [1.29, 1.82) is 0 Å². The van der Waals surface area contributed by atoms with Gasteiger partial charge in [0.05, 0.1) is 16.8 Å². The Kier molecular flexibility index (Phi) is 2.95. The van der Waals surface area contributed by atoms with Gasteiger partial charge in [0, 0.05) is 18.0 Å². The third-order valence-corrected chi connectivity index (χ3v) is 2.16. The van der Waals surface area contributed by atoms with Crippen molar-refractivity contribution in [3.63, 3.8) is 0 Å². The van der Waals surface area contributed by atoms with E-state index in [0.29, 0.717) is 5.69 Å². The molecular weight excluding hydrogens is 220 g/mol. The van der Waals surface area contributed by atoms with Crippen molar-refractivity contribution in [3.05, 3.63) is 52.5 Å². The first-order valence-electron chi connectivity index (χ1n) is 4.96. The molecule has 6 nitrogen and oxygen atoms in total. The normalized spacial score (nSPS) is 9.94. The number of aromatic nitrogens is 2. The highest BCUT2D eigenvalue weighted by Gasteiger charge is 2.13. The summed E-state index contributed by atoms with van der Waals surface area (Å²) in [6.45, 7) is 1.87. The van der Waals surface area contributed by atoms with E-state index in [0.717, 1.165) is 5.69 Å². The van der Waals surface area contributed by atoms with Gasteiger partial charge >= 0.3 is 5.69 Å². The van der Waals surface area contributed by atoms with Gasteiger partial charge in [0.1, 0.15) is 0 Å². The Morgan fingerprint density at radius 2 is 2.12 bits per heavy atom. The second-order valence-corrected chi connectivity index (χ2v) is 3.44. The molecule has 0 aliphatic rings. The number of rotatable bonds is 3. The Morgan fingerprint density at radius 3 is 2.76 bits per heavy atom. The van der Waals surface area contributed by atoms with Gasteiger partial charge in [-0.2, -0.15) is 0 Å². The van der Waals surface area contributed by atoms with Gasteiger partial charge in [0.2, 0.25) is 5.82 Å². The molecule has 0 amide bonds. The smallest absolute Gasteiger partial charge is 0.311 e. The van der Waals surface area contributed by atoms with Crippen LogP contribution in [0.1, 0.15) is 5.69 Å². The van der Waals surface area contributed by atoms with Crippen LogP contribution in [0.2, 0.25) is 0 Å². The van der Waals surface area contributed by atoms with Crippen LogP contribution in [0, 0.1) is 17.0 Å². The zero-order valence-corrected chi connectivity index (χ0v) is 9.12. The fourth-order valence-corrected chi connectivity index (χ4v) is 1.32. The third kappa shape index (κ3) is 2.54. The number of aryl methyl sites for hydroxylation is 1. The van der Waals surface area contributed by atoms with Gasteiger partial charge in [-0.15, -0.1) is 0 Å². The molecule has 0 bridgehead atoms. The van der Waals surface area contributed by atoms with E-state index in [2.05, 4.69) is 15.3 Å². The van der Waals surface area contributed by atoms with Gasteiger partial charge in [-0.25, -0.2) is 4.98 Å². The summed E-state index contributed by atoms with van der Waals surface area (Å²) in [6.07, 6.45) is 3.10. The summed E-state index contributed by atoms with van der Waals surface area (Å²) in [5.74, 6) is 0.211. The van der Waals surface area contributed by atoms with E-state index >= 15 is 0 Å². The minimum atomic E-state index is -0.475. The average Bonchev–Trinajstić information content (AvgIpc) is 2.32. The molecule has 0 saturated carbocycles. The largest absolute Gasteiger partial charge is 0.333 e. The Hall–Kier alpha value is -2.50. The molecule has 0 unspecified atom stereocenters. The standard InChI is InChI=1S/C11H10N4O2/c1-8-4-5-9(7-13-8)14-11-10(15(16)17)3-2-6-12-11/h2-7H,1H3,(H,12,14). The number of hydrogen-bond acceptors (Lipinski definition) is 5. The number of nitrogens with zero attached hydrogens (tertiary/aromatic N) is 3. The quantitative estimate of drug-likeness (QED) is 0.646. The SMILES string of the molecule is Cc1ccc(Nc2ncccc2[N+](=O)[O-])cn1. The van der Waals surface area contributed by atoms with Crippen molar-refractivity contribution in [1.82, 2.24) is 9.97 Å². The van der Waals surface area contributed by atoms with Crippen LogP contribution in [0.5, 0.6) is 0 Å². The molecular formula is C11H10N4O2. The molecule has 0 spiro atoms. The van der Waals surface area contributed by atoms with Crippen LogP contribution >= 0.6 is 0 Å². The van der Waals surface area contributed by atoms with Crippen LogP contribution in [0.15, 0.2) is 36.7 Å². The highest BCUT2D eigenvalue weighted by atomic mass is 16.6. The molecule has 2 aromatic rings. The summed E-state index contributed by atoms with van der Waals surface area (Å²) in [5, 5.41) is 13.6. The second kappa shape index (κ2) is 4.56. The summed E-state index contributed by atoms with van der Waals surface area (Å²) in [4.78, 5) is 18.3. The molecule has 6 heteroatoms. The topological polar surface area (TPSA) is 81.0 Å². The maximum Gasteiger partial charge on any atom is 0.311 e. The van der Waals surface area contributed by atoms with Gasteiger partial charge in [-0.1, -0.05) is 0 Å². The molecule has 0 aliphatic heterocycles. The lowest BCUT2D eigenvalue weighted by atomic mass is 10.3. The molecule has 17 heavy (non-hydrogen) atoms. The lowest BCUT2D eigenvalue weighted by Gasteiger charge is -2.05. The van der Waals surface area contributed by atoms with Crippen molar-refractivity contribution >= 4 is 17.2 Å². The van der Waals surface area contributed by atoms with Crippen LogP contribution in [0.3, 0.4) is 0 Å². The maximum atomic E-state index is 10.8. The van der Waals surface area contributed by atoms with Crippen molar-refractivity contribution in [2.45, 2.75) is 6.92 Å². The summed E-state index contributed by atoms with van der Waals surface area (Å²) in [7, 11) is 0. The molecule has 0 fully saturated rings. The first-order chi connectivity index (χ1) is 8.16. The van der Waals surface area contributed by atoms with E-state index in [1.54, 1.807) is 12.3 Å². The fourth-order valence-electron chi connectivity index (χ4n) is 1.32. The van der Waals surface area contributed by atoms with Gasteiger partial charge in [-0.05, 0) is 25.1 Å². The van der Waals surface area contributed by atoms with Crippen molar-refractivity contribution < 1.29 is 4.92 Å². The molecule has 0 aromatic carbocycles. The van der Waals surface area contributed by atoms with Crippen LogP contribution in [-0.2, 0) is 0 Å². The lowest BCUT2D eigenvalue weighted by Crippen LogP contribution is -1.99. The van der Waals surface area contributed by atoms with Gasteiger partial charge in [0.15, 0.2) is 0 Å². The summed E-state index contributed by atoms with van der Waals surface area (Å²) in [5.41, 5.74) is 1.48. The molecule has 2 aromatic heterocycles. The Bertz CT molecular complexity index is 539. The minimum Gasteiger partial charge on any atom is -0.333 e. The summed E-state index contributed by atoms with van der Waals surface area (Å²) in [6, 6.07) is 6.53. The van der Waals surface area contributed by atoms with Crippen LogP contribution in [0.25, 0.3) is 0 Å². The predicted octanol–water partition coefficient (Wildman–Crippen LogP) is 2.44. The summed E-state index contributed by atoms with van der Waals surface area (Å²) >= 11 is 0. The zero-order chi connectivity index (χ0) is 12.3.